The Kier molecular flexibility index (Phi) is 8.83. The van der Waals surface area contributed by atoms with Gasteiger partial charge in [0.1, 0.15) is 5.82 Å². The Bertz CT molecular complexity index is 4670. The first-order chi connectivity index (χ1) is 40.3. The maximum atomic E-state index is 9.08. The number of rotatable bonds is 9. The van der Waals surface area contributed by atoms with Crippen LogP contribution in [-0.2, 0) is 21.1 Å². The zero-order chi connectivity index (χ0) is 56.9. The topological polar surface area (TPSA) is 48.3 Å². The molecule has 0 fully saturated rings. The summed E-state index contributed by atoms with van der Waals surface area (Å²) in [4.78, 5) is 7.18. The molecule has 14 rings (SSSR count). The van der Waals surface area contributed by atoms with Crippen molar-refractivity contribution >= 4 is 49.9 Å². The number of hydrogen-bond acceptors (Lipinski definition) is 4. The van der Waals surface area contributed by atoms with Gasteiger partial charge >= 0.3 is 0 Å². The van der Waals surface area contributed by atoms with Crippen molar-refractivity contribution in [3.8, 4) is 73.6 Å². The maximum absolute atomic E-state index is 9.08. The van der Waals surface area contributed by atoms with Crippen LogP contribution in [0.25, 0.3) is 83.4 Å². The van der Waals surface area contributed by atoms with Gasteiger partial charge in [-0.3, -0.25) is 4.57 Å². The first-order valence-corrected chi connectivity index (χ1v) is 23.5. The summed E-state index contributed by atoms with van der Waals surface area (Å²) in [5.41, 5.74) is 8.07. The Hall–Kier alpha value is -9.29. The van der Waals surface area contributed by atoms with Gasteiger partial charge in [0.15, 0.2) is 11.5 Å². The van der Waals surface area contributed by atoms with Crippen LogP contribution in [0.15, 0.2) is 249 Å². The molecule has 4 heterocycles. The molecule has 0 spiro atoms. The second-order valence-corrected chi connectivity index (χ2v) is 17.2. The molecule has 8 heteroatoms. The number of aromatic nitrogens is 4. The van der Waals surface area contributed by atoms with E-state index < -0.39 is 60.4 Å². The second kappa shape index (κ2) is 18.7. The fourth-order valence-electron chi connectivity index (χ4n) is 9.79. The van der Waals surface area contributed by atoms with E-state index in [1.165, 1.54) is 0 Å². The van der Waals surface area contributed by atoms with Gasteiger partial charge in [-0.15, -0.1) is 29.7 Å². The summed E-state index contributed by atoms with van der Waals surface area (Å²) in [6.07, 6.45) is 5.23. The zero-order valence-corrected chi connectivity index (χ0v) is 41.0. The molecule has 0 N–H and O–H groups in total. The predicted molar refractivity (Wildman–Crippen MR) is 291 cm³/mol. The summed E-state index contributed by atoms with van der Waals surface area (Å²) >= 11 is 0. The Morgan fingerprint density at radius 3 is 1.93 bits per heavy atom. The van der Waals surface area contributed by atoms with E-state index in [2.05, 4.69) is 64.3 Å². The smallest absolute Gasteiger partial charge is 0.268 e. The average molecular weight is 1140 g/mol. The molecule has 0 unspecified atom stereocenters. The third kappa shape index (κ3) is 7.73. The van der Waals surface area contributed by atoms with Gasteiger partial charge in [-0.05, 0) is 80.9 Å². The van der Waals surface area contributed by atoms with Crippen molar-refractivity contribution in [3.63, 3.8) is 0 Å². The van der Waals surface area contributed by atoms with Gasteiger partial charge in [-0.2, -0.15) is 18.2 Å². The SMILES string of the molecule is [2H]c1c([2H])c([2H])c(-c2cccc(-c3c([2H])c([2H])c([2H])c([2H])c3[2H])c2-[n+]2[c-]n(-c3[c-]c(Oc4[c-]c5c(cc4)c4cc(-c6ccccc6)ccc4n5-c4cc(N5c6ccccc6Oc6ccccc65)ccn4)ccc3)c3ccccc32)c([2H])c1[2H].[Pt]. The number of pyridine rings is 1. The molecular weight excluding hydrogens is 1090 g/mol. The minimum atomic E-state index is -0.581. The molecule has 7 nitrogen and oxygen atoms in total. The van der Waals surface area contributed by atoms with Crippen LogP contribution in [0.4, 0.5) is 17.1 Å². The van der Waals surface area contributed by atoms with Crippen LogP contribution in [0.3, 0.4) is 0 Å². The van der Waals surface area contributed by atoms with E-state index in [1.54, 1.807) is 45.7 Å². The Balaban J connectivity index is 0.00000658. The molecule has 0 saturated carbocycles. The quantitative estimate of drug-likeness (QED) is 0.107. The summed E-state index contributed by atoms with van der Waals surface area (Å²) in [5.74, 6) is 2.81. The molecule has 0 bridgehead atoms. The molecule has 354 valence electrons. The van der Waals surface area contributed by atoms with E-state index in [-0.39, 0.29) is 49.0 Å². The van der Waals surface area contributed by atoms with E-state index >= 15 is 0 Å². The van der Waals surface area contributed by atoms with Crippen molar-refractivity contribution in [1.82, 2.24) is 14.1 Å². The number of fused-ring (bicyclic) bond motifs is 6. The van der Waals surface area contributed by atoms with Crippen LogP contribution >= 0.6 is 0 Å². The third-order valence-electron chi connectivity index (χ3n) is 13.0. The van der Waals surface area contributed by atoms with Crippen LogP contribution in [0.2, 0.25) is 0 Å². The normalized spacial score (nSPS) is 13.6. The van der Waals surface area contributed by atoms with Gasteiger partial charge in [0.2, 0.25) is 0 Å². The van der Waals surface area contributed by atoms with E-state index in [0.717, 1.165) is 56.0 Å². The van der Waals surface area contributed by atoms with Crippen LogP contribution in [0.1, 0.15) is 13.7 Å². The van der Waals surface area contributed by atoms with Gasteiger partial charge < -0.3 is 23.5 Å². The van der Waals surface area contributed by atoms with E-state index in [1.807, 2.05) is 115 Å². The third-order valence-corrected chi connectivity index (χ3v) is 13.0. The molecule has 0 saturated heterocycles. The van der Waals surface area contributed by atoms with Crippen LogP contribution < -0.4 is 18.9 Å². The summed E-state index contributed by atoms with van der Waals surface area (Å²) in [7, 11) is 0. The minimum Gasteiger partial charge on any atom is -0.510 e. The fraction of sp³-hybridized carbons (Fsp3) is 0. The van der Waals surface area contributed by atoms with Crippen molar-refractivity contribution in [2.24, 2.45) is 0 Å². The van der Waals surface area contributed by atoms with Crippen LogP contribution in [0.5, 0.6) is 23.0 Å². The zero-order valence-electron chi connectivity index (χ0n) is 48.8. The number of benzene rings is 10. The molecule has 0 radical (unpaired) electrons. The molecule has 3 aromatic heterocycles. The van der Waals surface area contributed by atoms with Gasteiger partial charge in [-0.1, -0.05) is 175 Å². The molecule has 0 amide bonds. The molecule has 13 aromatic rings. The van der Waals surface area contributed by atoms with E-state index in [4.69, 9.17) is 28.2 Å². The van der Waals surface area contributed by atoms with Crippen LogP contribution in [0, 0.1) is 18.5 Å². The first kappa shape index (κ1) is 34.9. The Morgan fingerprint density at radius 1 is 0.527 bits per heavy atom. The van der Waals surface area contributed by atoms with Crippen LogP contribution in [-0.4, -0.2) is 14.1 Å². The number of anilines is 3. The van der Waals surface area contributed by atoms with E-state index in [9.17, 15) is 0 Å². The summed E-state index contributed by atoms with van der Waals surface area (Å²) in [5, 5.41) is 1.90. The summed E-state index contributed by atoms with van der Waals surface area (Å²) in [6.45, 7) is 0. The summed E-state index contributed by atoms with van der Waals surface area (Å²) < 4.78 is 106. The largest absolute Gasteiger partial charge is 0.510 e. The first-order valence-electron chi connectivity index (χ1n) is 28.5. The Labute approximate surface area is 456 Å². The second-order valence-electron chi connectivity index (χ2n) is 17.2. The van der Waals surface area contributed by atoms with Crippen molar-refractivity contribution in [2.75, 3.05) is 4.90 Å². The van der Waals surface area contributed by atoms with Gasteiger partial charge in [0.05, 0.1) is 47.5 Å². The number of para-hydroxylation sites is 7. The molecule has 0 aliphatic carbocycles. The molecule has 0 atom stereocenters. The standard InChI is InChI=1S/C66H41N5O2.Pt/c1-4-18-45(19-5-1)48-34-37-57-56(40-48)55-36-35-52(43-62(55)71(57)65-42-50(38-39-67-65)70-60-30-12-14-32-63(60)73-64-33-15-13-31-61(64)70)72-51-25-16-24-49(41-51)68-44-69(59-29-11-10-28-58(59)68)66-53(46-20-6-2-7-21-46)26-17-27-54(66)47-22-8-3-9-23-47;/h1-40,42H;/q-2;/i2D,3D,6D,7D,8D,9D,20D,21D,22D,23D;. The number of ether oxygens (including phenoxy) is 2. The molecular formula is C66H41N5O2Pt-2. The molecule has 1 aliphatic heterocycles. The summed E-state index contributed by atoms with van der Waals surface area (Å²) in [6, 6.07) is 59.5. The molecule has 10 aromatic carbocycles. The van der Waals surface area contributed by atoms with Gasteiger partial charge in [0, 0.05) is 50.3 Å². The minimum absolute atomic E-state index is 0. The monoisotopic (exact) mass is 1140 g/mol. The van der Waals surface area contributed by atoms with Crippen molar-refractivity contribution in [1.29, 1.82) is 0 Å². The number of hydrogen-bond donors (Lipinski definition) is 0. The number of imidazole rings is 1. The van der Waals surface area contributed by atoms with Crippen molar-refractivity contribution < 1.29 is 48.8 Å². The number of nitrogens with zero attached hydrogens (tertiary/aromatic N) is 5. The van der Waals surface area contributed by atoms with Gasteiger partial charge in [0.25, 0.3) is 6.33 Å². The maximum Gasteiger partial charge on any atom is 0.268 e. The fourth-order valence-corrected chi connectivity index (χ4v) is 9.79. The van der Waals surface area contributed by atoms with Crippen molar-refractivity contribution in [3.05, 3.63) is 267 Å². The Morgan fingerprint density at radius 2 is 1.19 bits per heavy atom. The molecule has 74 heavy (non-hydrogen) atoms. The average Bonchev–Trinajstić information content (AvgIpc) is 1.93. The van der Waals surface area contributed by atoms with Crippen molar-refractivity contribution in [2.45, 2.75) is 0 Å². The molecule has 1 aliphatic rings. The van der Waals surface area contributed by atoms with E-state index in [0.29, 0.717) is 39.6 Å². The van der Waals surface area contributed by atoms with Gasteiger partial charge in [-0.25, -0.2) is 4.98 Å². The predicted octanol–water partition coefficient (Wildman–Crippen LogP) is 16.2.